The molecule has 0 fully saturated rings. The topological polar surface area (TPSA) is 112 Å². The third kappa shape index (κ3) is 4.17. The number of furan rings is 1. The molecule has 0 saturated carbocycles. The molecule has 0 aliphatic rings. The summed E-state index contributed by atoms with van der Waals surface area (Å²) >= 11 is 0. The number of nitrogens with zero attached hydrogens (tertiary/aromatic N) is 2. The second-order valence-electron chi connectivity index (χ2n) is 5.69. The Morgan fingerprint density at radius 1 is 1.29 bits per heavy atom. The molecule has 0 saturated heterocycles. The van der Waals surface area contributed by atoms with Crippen molar-refractivity contribution in [2.75, 3.05) is 5.32 Å². The van der Waals surface area contributed by atoms with Gasteiger partial charge in [-0.05, 0) is 31.2 Å². The number of benzene rings is 1. The minimum atomic E-state index is -0.851. The molecular formula is C18H16F2N4O4. The van der Waals surface area contributed by atoms with Crippen molar-refractivity contribution in [2.45, 2.75) is 20.1 Å². The lowest BCUT2D eigenvalue weighted by molar-refractivity contribution is 0.0992. The van der Waals surface area contributed by atoms with Crippen molar-refractivity contribution in [3.05, 3.63) is 65.4 Å². The van der Waals surface area contributed by atoms with Crippen LogP contribution in [0.4, 0.5) is 14.5 Å². The van der Waals surface area contributed by atoms with Gasteiger partial charge in [0, 0.05) is 18.8 Å². The van der Waals surface area contributed by atoms with Crippen LogP contribution >= 0.6 is 0 Å². The predicted octanol–water partition coefficient (Wildman–Crippen LogP) is 2.70. The number of anilines is 1. The summed E-state index contributed by atoms with van der Waals surface area (Å²) in [5, 5.41) is 6.48. The highest BCUT2D eigenvalue weighted by Crippen LogP contribution is 2.20. The van der Waals surface area contributed by atoms with Crippen molar-refractivity contribution in [3.63, 3.8) is 0 Å². The molecule has 3 aromatic rings. The third-order valence-corrected chi connectivity index (χ3v) is 3.72. The molecule has 146 valence electrons. The molecule has 0 atom stereocenters. The first-order valence-electron chi connectivity index (χ1n) is 8.22. The van der Waals surface area contributed by atoms with Crippen molar-refractivity contribution >= 4 is 17.5 Å². The lowest BCUT2D eigenvalue weighted by Crippen LogP contribution is -2.17. The fraction of sp³-hybridized carbons (Fsp3) is 0.167. The van der Waals surface area contributed by atoms with E-state index >= 15 is 0 Å². The summed E-state index contributed by atoms with van der Waals surface area (Å²) in [6, 6.07) is 5.78. The molecule has 3 rings (SSSR count). The molecule has 0 bridgehead atoms. The Morgan fingerprint density at radius 3 is 2.75 bits per heavy atom. The highest BCUT2D eigenvalue weighted by molar-refractivity contribution is 6.06. The zero-order chi connectivity index (χ0) is 20.3. The van der Waals surface area contributed by atoms with Crippen molar-refractivity contribution in [3.8, 4) is 5.75 Å². The molecule has 28 heavy (non-hydrogen) atoms. The molecule has 0 aliphatic heterocycles. The van der Waals surface area contributed by atoms with Gasteiger partial charge in [0.2, 0.25) is 0 Å². The van der Waals surface area contributed by atoms with Gasteiger partial charge in [0.05, 0.1) is 5.69 Å². The van der Waals surface area contributed by atoms with Gasteiger partial charge in [-0.15, -0.1) is 0 Å². The van der Waals surface area contributed by atoms with E-state index < -0.39 is 23.4 Å². The Balaban J connectivity index is 1.67. The summed E-state index contributed by atoms with van der Waals surface area (Å²) in [5.74, 6) is -2.94. The lowest BCUT2D eigenvalue weighted by Gasteiger charge is -2.05. The third-order valence-electron chi connectivity index (χ3n) is 3.72. The van der Waals surface area contributed by atoms with Gasteiger partial charge in [0.15, 0.2) is 23.0 Å². The van der Waals surface area contributed by atoms with Crippen molar-refractivity contribution in [2.24, 2.45) is 5.73 Å². The van der Waals surface area contributed by atoms with E-state index in [1.807, 2.05) is 6.92 Å². The maximum absolute atomic E-state index is 13.6. The van der Waals surface area contributed by atoms with Crippen LogP contribution in [0.5, 0.6) is 5.75 Å². The minimum Gasteiger partial charge on any atom is -0.483 e. The summed E-state index contributed by atoms with van der Waals surface area (Å²) in [4.78, 5) is 23.8. The largest absolute Gasteiger partial charge is 0.483 e. The van der Waals surface area contributed by atoms with Crippen molar-refractivity contribution in [1.29, 1.82) is 0 Å². The number of hydrogen-bond donors (Lipinski definition) is 2. The highest BCUT2D eigenvalue weighted by Gasteiger charge is 2.19. The van der Waals surface area contributed by atoms with Crippen LogP contribution in [-0.4, -0.2) is 21.6 Å². The van der Waals surface area contributed by atoms with Crippen LogP contribution in [-0.2, 0) is 13.2 Å². The first-order valence-corrected chi connectivity index (χ1v) is 8.22. The number of ether oxygens (including phenoxy) is 1. The van der Waals surface area contributed by atoms with E-state index in [4.69, 9.17) is 14.9 Å². The van der Waals surface area contributed by atoms with Crippen LogP contribution in [0, 0.1) is 11.6 Å². The van der Waals surface area contributed by atoms with Gasteiger partial charge in [0.1, 0.15) is 18.2 Å². The second-order valence-corrected chi connectivity index (χ2v) is 5.69. The highest BCUT2D eigenvalue weighted by atomic mass is 19.1. The maximum atomic E-state index is 13.6. The zero-order valence-corrected chi connectivity index (χ0v) is 14.7. The Kier molecular flexibility index (Phi) is 5.39. The van der Waals surface area contributed by atoms with E-state index in [1.165, 1.54) is 23.0 Å². The number of carbonyl (C=O) groups excluding carboxylic acids is 2. The molecule has 0 aliphatic carbocycles. The minimum absolute atomic E-state index is 0.0575. The number of amides is 2. The smallest absolute Gasteiger partial charge is 0.291 e. The van der Waals surface area contributed by atoms with E-state index in [2.05, 4.69) is 10.4 Å². The van der Waals surface area contributed by atoms with Gasteiger partial charge >= 0.3 is 0 Å². The van der Waals surface area contributed by atoms with Gasteiger partial charge in [-0.1, -0.05) is 0 Å². The second kappa shape index (κ2) is 7.91. The van der Waals surface area contributed by atoms with Crippen LogP contribution in [0.2, 0.25) is 0 Å². The lowest BCUT2D eigenvalue weighted by atomic mass is 10.3. The number of halogens is 2. The van der Waals surface area contributed by atoms with E-state index in [9.17, 15) is 18.4 Å². The molecule has 8 nitrogen and oxygen atoms in total. The summed E-state index contributed by atoms with van der Waals surface area (Å²) in [6.07, 6.45) is 1.47. The molecule has 2 heterocycles. The van der Waals surface area contributed by atoms with Crippen LogP contribution in [0.3, 0.4) is 0 Å². The number of nitrogens with one attached hydrogen (secondary N) is 1. The van der Waals surface area contributed by atoms with Crippen LogP contribution in [0.1, 0.15) is 33.7 Å². The Bertz CT molecular complexity index is 1030. The van der Waals surface area contributed by atoms with Crippen LogP contribution in [0.15, 0.2) is 40.9 Å². The van der Waals surface area contributed by atoms with E-state index in [1.54, 1.807) is 0 Å². The molecule has 2 aromatic heterocycles. The Morgan fingerprint density at radius 2 is 2.07 bits per heavy atom. The summed E-state index contributed by atoms with van der Waals surface area (Å²) < 4.78 is 38.5. The first kappa shape index (κ1) is 19.1. The number of aryl methyl sites for hydroxylation is 1. The molecule has 10 heteroatoms. The number of aromatic nitrogens is 2. The average molecular weight is 390 g/mol. The molecule has 1 aromatic carbocycles. The fourth-order valence-electron chi connectivity index (χ4n) is 2.36. The monoisotopic (exact) mass is 390 g/mol. The molecule has 3 N–H and O–H groups in total. The van der Waals surface area contributed by atoms with Gasteiger partial charge in [-0.3, -0.25) is 14.3 Å². The van der Waals surface area contributed by atoms with E-state index in [0.29, 0.717) is 12.6 Å². The summed E-state index contributed by atoms with van der Waals surface area (Å²) in [5.41, 5.74) is 5.34. The number of primary amides is 1. The Hall–Kier alpha value is -3.69. The van der Waals surface area contributed by atoms with Gasteiger partial charge in [-0.25, -0.2) is 8.78 Å². The van der Waals surface area contributed by atoms with Crippen molar-refractivity contribution < 1.29 is 27.5 Å². The standard InChI is InChI=1S/C18H16F2N4O4/c1-2-24-8-13(16(23-24)17(21)25)22-18(26)15-6-4-11(28-15)9-27-14-5-3-10(19)7-12(14)20/h3-8H,2,9H2,1H3,(H2,21,25)(H,22,26). The summed E-state index contributed by atoms with van der Waals surface area (Å²) in [7, 11) is 0. The van der Waals surface area contributed by atoms with Crippen molar-refractivity contribution in [1.82, 2.24) is 9.78 Å². The number of rotatable bonds is 7. The Labute approximate surface area is 157 Å². The summed E-state index contributed by atoms with van der Waals surface area (Å²) in [6.45, 7) is 2.13. The predicted molar refractivity (Wildman–Crippen MR) is 93.8 cm³/mol. The fourth-order valence-corrected chi connectivity index (χ4v) is 2.36. The number of carbonyl (C=O) groups is 2. The van der Waals surface area contributed by atoms with E-state index in [-0.39, 0.29) is 35.3 Å². The zero-order valence-electron chi connectivity index (χ0n) is 14.7. The number of hydrogen-bond acceptors (Lipinski definition) is 5. The SMILES string of the molecule is CCn1cc(NC(=O)c2ccc(COc3ccc(F)cc3F)o2)c(C(N)=O)n1. The van der Waals surface area contributed by atoms with Gasteiger partial charge in [0.25, 0.3) is 11.8 Å². The van der Waals surface area contributed by atoms with Crippen LogP contribution < -0.4 is 15.8 Å². The van der Waals surface area contributed by atoms with Crippen LogP contribution in [0.25, 0.3) is 0 Å². The molecule has 0 spiro atoms. The first-order chi connectivity index (χ1) is 13.4. The normalized spacial score (nSPS) is 10.7. The number of nitrogens with two attached hydrogens (primary N) is 1. The van der Waals surface area contributed by atoms with E-state index in [0.717, 1.165) is 12.1 Å². The van der Waals surface area contributed by atoms with Gasteiger partial charge < -0.3 is 20.2 Å². The quantitative estimate of drug-likeness (QED) is 0.644. The van der Waals surface area contributed by atoms with Gasteiger partial charge in [-0.2, -0.15) is 5.10 Å². The molecular weight excluding hydrogens is 374 g/mol. The molecule has 2 amide bonds. The molecule has 0 unspecified atom stereocenters. The average Bonchev–Trinajstić information content (AvgIpc) is 3.28. The molecule has 0 radical (unpaired) electrons. The maximum Gasteiger partial charge on any atom is 0.291 e.